The highest BCUT2D eigenvalue weighted by atomic mass is 32.2. The van der Waals surface area contributed by atoms with Crippen LogP contribution in [0.5, 0.6) is 5.75 Å². The molecular formula is C34H28N6O14S4. The number of hydrogen-bond donors (Lipinski definition) is 8. The van der Waals surface area contributed by atoms with Gasteiger partial charge in [0, 0.05) is 16.8 Å². The van der Waals surface area contributed by atoms with Crippen LogP contribution in [-0.2, 0) is 40.5 Å². The Morgan fingerprint density at radius 3 is 1.72 bits per heavy atom. The molecule has 3 aromatic rings. The fourth-order valence-corrected chi connectivity index (χ4v) is 8.44. The first-order valence-electron chi connectivity index (χ1n) is 15.9. The zero-order valence-electron chi connectivity index (χ0n) is 29.5. The first kappa shape index (κ1) is 41.5. The number of hydrogen-bond acceptors (Lipinski definition) is 16. The van der Waals surface area contributed by atoms with Gasteiger partial charge in [-0.15, -0.1) is 5.10 Å². The number of carbonyl (C=O) groups is 1. The molecule has 0 aliphatic heterocycles. The maximum absolute atomic E-state index is 13.4. The third-order valence-electron chi connectivity index (χ3n) is 8.74. The lowest BCUT2D eigenvalue weighted by Crippen LogP contribution is -2.27. The van der Waals surface area contributed by atoms with E-state index in [1.54, 1.807) is 38.2 Å². The van der Waals surface area contributed by atoms with Crippen molar-refractivity contribution in [3.63, 3.8) is 0 Å². The molecule has 0 atom stereocenters. The number of phenols is 1. The van der Waals surface area contributed by atoms with Crippen LogP contribution in [0.4, 0.5) is 17.1 Å². The van der Waals surface area contributed by atoms with E-state index >= 15 is 0 Å². The van der Waals surface area contributed by atoms with Crippen molar-refractivity contribution in [1.82, 2.24) is 0 Å². The molecule has 0 radical (unpaired) electrons. The van der Waals surface area contributed by atoms with E-state index < -0.39 is 88.7 Å². The highest BCUT2D eigenvalue weighted by molar-refractivity contribution is 7.91. The van der Waals surface area contributed by atoms with Gasteiger partial charge in [-0.05, 0) is 108 Å². The molecule has 20 nitrogen and oxygen atoms in total. The molecule has 302 valence electrons. The number of nitrogens with two attached hydrogens (primary N) is 2. The van der Waals surface area contributed by atoms with E-state index in [-0.39, 0.29) is 39.0 Å². The van der Waals surface area contributed by atoms with E-state index in [0.717, 1.165) is 36.4 Å². The molecule has 0 spiro atoms. The van der Waals surface area contributed by atoms with Gasteiger partial charge in [0.25, 0.3) is 40.5 Å². The third-order valence-corrected chi connectivity index (χ3v) is 12.1. The first-order chi connectivity index (χ1) is 26.8. The van der Waals surface area contributed by atoms with Gasteiger partial charge in [-0.25, -0.2) is 0 Å². The van der Waals surface area contributed by atoms with Gasteiger partial charge in [0.15, 0.2) is 11.5 Å². The second-order valence-corrected chi connectivity index (χ2v) is 18.3. The lowest BCUT2D eigenvalue weighted by Gasteiger charge is -2.18. The average Bonchev–Trinajstić information content (AvgIpc) is 3.09. The largest absolute Gasteiger partial charge is 0.505 e. The topological polar surface area (TPSA) is 356 Å². The Morgan fingerprint density at radius 1 is 0.638 bits per heavy atom. The number of nitrogens with zero attached hydrogens (tertiary/aromatic N) is 3. The van der Waals surface area contributed by atoms with Crippen LogP contribution in [0.3, 0.4) is 0 Å². The Kier molecular flexibility index (Phi) is 10.3. The van der Waals surface area contributed by atoms with Gasteiger partial charge >= 0.3 is 0 Å². The van der Waals surface area contributed by atoms with E-state index in [0.29, 0.717) is 22.3 Å². The molecule has 0 aromatic heterocycles. The van der Waals surface area contributed by atoms with Crippen LogP contribution in [0.2, 0.25) is 0 Å². The van der Waals surface area contributed by atoms with Crippen LogP contribution in [0.15, 0.2) is 124 Å². The Balaban J connectivity index is 1.30. The number of hydrazone groups is 1. The molecule has 0 amide bonds. The molecule has 24 heteroatoms. The van der Waals surface area contributed by atoms with Crippen LogP contribution in [-0.4, -0.2) is 79.9 Å². The van der Waals surface area contributed by atoms with Crippen molar-refractivity contribution in [2.45, 2.75) is 28.5 Å². The van der Waals surface area contributed by atoms with E-state index in [2.05, 4.69) is 20.7 Å². The number of carbonyl (C=O) groups excluding carboxylic acids is 1. The summed E-state index contributed by atoms with van der Waals surface area (Å²) in [6.07, 6.45) is 10.4. The van der Waals surface area contributed by atoms with Gasteiger partial charge in [-0.2, -0.15) is 43.9 Å². The molecule has 10 N–H and O–H groups in total. The number of fused-ring (bicyclic) bond motifs is 2. The minimum atomic E-state index is -5.12. The summed E-state index contributed by atoms with van der Waals surface area (Å²) >= 11 is 0. The second-order valence-electron chi connectivity index (χ2n) is 12.7. The van der Waals surface area contributed by atoms with Gasteiger partial charge in [-0.1, -0.05) is 12.2 Å². The normalized spacial score (nSPS) is 19.7. The molecule has 0 saturated carbocycles. The van der Waals surface area contributed by atoms with Crippen LogP contribution in [0.1, 0.15) is 29.8 Å². The Bertz CT molecular complexity index is 3190. The molecule has 3 aliphatic carbocycles. The molecule has 0 saturated heterocycles. The SMILES string of the molecule is CC1=CC(=C2C=CC(=NNc3c(S(=O)(=O)O)cc4cc(S(=O)(=O)O)cc(N)c4c3O)C(C)=C2)C=CC1=NN=C1C(=O)c2c(N)cc(S(=O)(=O)O)cc2C=C1S(=O)(=O)O. The predicted molar refractivity (Wildman–Crippen MR) is 213 cm³/mol. The second kappa shape index (κ2) is 14.4. The average molecular weight is 873 g/mol. The summed E-state index contributed by atoms with van der Waals surface area (Å²) in [6, 6.07) is 4.15. The van der Waals surface area contributed by atoms with Gasteiger partial charge in [-0.3, -0.25) is 28.4 Å². The van der Waals surface area contributed by atoms with E-state index in [9.17, 15) is 61.8 Å². The number of ketones is 1. The van der Waals surface area contributed by atoms with Crippen LogP contribution >= 0.6 is 0 Å². The number of rotatable bonds is 7. The van der Waals surface area contributed by atoms with E-state index in [1.807, 2.05) is 0 Å². The summed E-state index contributed by atoms with van der Waals surface area (Å²) in [5, 5.41) is 22.6. The standard InChI is InChI=1S/C34H28N6O14S4/c1-15-7-17(3-5-25(15)37-39-31-27(57(49,50)51)11-19-9-21(55(43,44)45)13-23(35)29(19)33(31)41)18-4-6-26(16(2)8-18)38-40-32-28(58(52,53)54)12-20-10-22(56(46,47)48)14-24(36)30(20)34(32)42/h3-14,39,41H,35-36H2,1-2H3,(H,43,44,45)(H,46,47,48)(H,49,50,51)(H,52,53,54). The summed E-state index contributed by atoms with van der Waals surface area (Å²) < 4.78 is 134. The molecule has 0 fully saturated rings. The molecule has 0 unspecified atom stereocenters. The Labute approximate surface area is 329 Å². The van der Waals surface area contributed by atoms with Crippen molar-refractivity contribution in [3.05, 3.63) is 105 Å². The number of allylic oxidation sites excluding steroid dienone is 11. The maximum Gasteiger partial charge on any atom is 0.296 e. The fourth-order valence-electron chi connectivity index (χ4n) is 6.01. The molecule has 6 rings (SSSR count). The number of Topliss-reactive ketones (excluding diaryl/α,β-unsaturated/α-hetero) is 1. The summed E-state index contributed by atoms with van der Waals surface area (Å²) in [6.45, 7) is 3.29. The maximum atomic E-state index is 13.4. The third kappa shape index (κ3) is 8.02. The zero-order chi connectivity index (χ0) is 42.9. The van der Waals surface area contributed by atoms with Crippen LogP contribution in [0.25, 0.3) is 16.8 Å². The summed E-state index contributed by atoms with van der Waals surface area (Å²) in [5.74, 6) is -1.89. The van der Waals surface area contributed by atoms with Gasteiger partial charge < -0.3 is 16.6 Å². The Hall–Kier alpha value is -6.12. The van der Waals surface area contributed by atoms with Crippen LogP contribution < -0.4 is 16.9 Å². The van der Waals surface area contributed by atoms with Crippen molar-refractivity contribution in [2.24, 2.45) is 15.3 Å². The predicted octanol–water partition coefficient (Wildman–Crippen LogP) is 3.47. The molecule has 58 heavy (non-hydrogen) atoms. The molecule has 3 aromatic carbocycles. The number of nitrogens with one attached hydrogen (secondary N) is 1. The monoisotopic (exact) mass is 872 g/mol. The number of aromatic hydroxyl groups is 1. The van der Waals surface area contributed by atoms with Crippen molar-refractivity contribution in [3.8, 4) is 5.75 Å². The van der Waals surface area contributed by atoms with Crippen molar-refractivity contribution in [1.29, 1.82) is 0 Å². The minimum absolute atomic E-state index is 0.173. The number of benzene rings is 3. The fraction of sp³-hybridized carbons (Fsp3) is 0.0588. The lowest BCUT2D eigenvalue weighted by molar-refractivity contribution is 0.106. The lowest BCUT2D eigenvalue weighted by atomic mass is 9.92. The van der Waals surface area contributed by atoms with Gasteiger partial charge in [0.05, 0.1) is 26.8 Å². The summed E-state index contributed by atoms with van der Waals surface area (Å²) in [4.78, 5) is 10.1. The van der Waals surface area contributed by atoms with E-state index in [4.69, 9.17) is 11.5 Å². The molecule has 0 heterocycles. The number of anilines is 3. The highest BCUT2D eigenvalue weighted by Crippen LogP contribution is 2.42. The molecular weight excluding hydrogens is 845 g/mol. The van der Waals surface area contributed by atoms with Crippen molar-refractivity contribution in [2.75, 3.05) is 16.9 Å². The van der Waals surface area contributed by atoms with Crippen molar-refractivity contribution < 1.29 is 61.8 Å². The molecule has 0 bridgehead atoms. The summed E-state index contributed by atoms with van der Waals surface area (Å²) in [7, 11) is -19.8. The van der Waals surface area contributed by atoms with Crippen molar-refractivity contribution >= 4 is 97.3 Å². The smallest absolute Gasteiger partial charge is 0.296 e. The van der Waals surface area contributed by atoms with E-state index in [1.165, 1.54) is 12.2 Å². The van der Waals surface area contributed by atoms with Crippen LogP contribution in [0, 0.1) is 0 Å². The van der Waals surface area contributed by atoms with Gasteiger partial charge in [0.2, 0.25) is 5.78 Å². The zero-order valence-corrected chi connectivity index (χ0v) is 32.7. The summed E-state index contributed by atoms with van der Waals surface area (Å²) in [5.41, 5.74) is 14.1. The molecule has 3 aliphatic rings. The quantitative estimate of drug-likeness (QED) is 0.0729. The Morgan fingerprint density at radius 2 is 1.19 bits per heavy atom. The first-order valence-corrected chi connectivity index (χ1v) is 21.7. The van der Waals surface area contributed by atoms with Gasteiger partial charge in [0.1, 0.15) is 15.5 Å². The minimum Gasteiger partial charge on any atom is -0.505 e. The highest BCUT2D eigenvalue weighted by Gasteiger charge is 2.35. The number of nitrogen functional groups attached to an aromatic ring is 2. The number of phenolic OH excluding ortho intramolecular Hbond substituents is 1.